The zero-order valence-electron chi connectivity index (χ0n) is 18.0. The molecule has 3 heteroatoms. The molecule has 0 aliphatic heterocycles. The molecule has 2 nitrogen and oxygen atoms in total. The molecule has 4 rings (SSSR count). The first-order valence-electron chi connectivity index (χ1n) is 10.5. The van der Waals surface area contributed by atoms with Gasteiger partial charge in [0.05, 0.1) is 6.54 Å². The van der Waals surface area contributed by atoms with E-state index in [2.05, 4.69) is 122 Å². The smallest absolute Gasteiger partial charge is 0.133 e. The van der Waals surface area contributed by atoms with Gasteiger partial charge >= 0.3 is 0 Å². The molecule has 31 heavy (non-hydrogen) atoms. The summed E-state index contributed by atoms with van der Waals surface area (Å²) in [6.45, 7) is 4.92. The van der Waals surface area contributed by atoms with Crippen LogP contribution in [0.4, 0.5) is 5.69 Å². The van der Waals surface area contributed by atoms with Gasteiger partial charge in [-0.15, -0.1) is 0 Å². The van der Waals surface area contributed by atoms with Crippen LogP contribution in [0, 0.1) is 13.8 Å². The molecule has 4 aromatic rings. The minimum atomic E-state index is -0.815. The van der Waals surface area contributed by atoms with E-state index in [4.69, 9.17) is 4.99 Å². The first-order valence-corrected chi connectivity index (χ1v) is 11.9. The Balaban J connectivity index is 1.79. The Morgan fingerprint density at radius 3 is 1.68 bits per heavy atom. The number of anilines is 1. The van der Waals surface area contributed by atoms with Crippen molar-refractivity contribution in [3.8, 4) is 0 Å². The van der Waals surface area contributed by atoms with Crippen molar-refractivity contribution in [3.05, 3.63) is 126 Å². The first kappa shape index (κ1) is 21.0. The summed E-state index contributed by atoms with van der Waals surface area (Å²) in [7, 11) is -0.815. The van der Waals surface area contributed by atoms with Gasteiger partial charge < -0.3 is 5.32 Å². The molecule has 0 radical (unpaired) electrons. The van der Waals surface area contributed by atoms with Gasteiger partial charge in [0.15, 0.2) is 0 Å². The van der Waals surface area contributed by atoms with Crippen LogP contribution in [0.15, 0.2) is 114 Å². The third-order valence-electron chi connectivity index (χ3n) is 4.97. The van der Waals surface area contributed by atoms with Crippen LogP contribution in [0.1, 0.15) is 16.7 Å². The summed E-state index contributed by atoms with van der Waals surface area (Å²) in [6, 6.07) is 38.4. The summed E-state index contributed by atoms with van der Waals surface area (Å²) in [4.78, 5) is 5.14. The average Bonchev–Trinajstić information content (AvgIpc) is 2.79. The maximum atomic E-state index is 5.14. The van der Waals surface area contributed by atoms with Crippen molar-refractivity contribution < 1.29 is 0 Å². The molecule has 0 aliphatic rings. The molecule has 0 saturated heterocycles. The highest BCUT2D eigenvalue weighted by molar-refractivity contribution is 7.88. The molecule has 0 saturated carbocycles. The van der Waals surface area contributed by atoms with E-state index in [1.807, 2.05) is 6.07 Å². The lowest BCUT2D eigenvalue weighted by atomic mass is 10.1. The molecule has 0 fully saturated rings. The largest absolute Gasteiger partial charge is 0.340 e. The molecule has 154 valence electrons. The number of benzene rings is 4. The first-order chi connectivity index (χ1) is 15.2. The van der Waals surface area contributed by atoms with Crippen LogP contribution in [0.25, 0.3) is 0 Å². The SMILES string of the molecule is Cc1cc(C)cc(NC(=NCc2ccccc2)P(c2ccccc2)c2ccccc2)c1. The highest BCUT2D eigenvalue weighted by Gasteiger charge is 2.21. The fraction of sp³-hybridized carbons (Fsp3) is 0.107. The Morgan fingerprint density at radius 2 is 1.16 bits per heavy atom. The Bertz CT molecular complexity index is 1080. The van der Waals surface area contributed by atoms with E-state index < -0.39 is 7.92 Å². The number of aryl methyl sites for hydroxylation is 2. The predicted molar refractivity (Wildman–Crippen MR) is 136 cm³/mol. The van der Waals surface area contributed by atoms with Crippen LogP contribution < -0.4 is 15.9 Å². The summed E-state index contributed by atoms with van der Waals surface area (Å²) in [6.07, 6.45) is 0. The van der Waals surface area contributed by atoms with Crippen LogP contribution in [0.3, 0.4) is 0 Å². The standard InChI is InChI=1S/C28H27N2P/c1-22-18-23(2)20-25(19-22)30-28(29-21-24-12-6-3-7-13-24)31(26-14-8-4-9-15-26)27-16-10-5-11-17-27/h3-20H,21H2,1-2H3,(H,29,30). The fourth-order valence-electron chi connectivity index (χ4n) is 3.64. The lowest BCUT2D eigenvalue weighted by molar-refractivity contribution is 1.07. The third kappa shape index (κ3) is 5.69. The van der Waals surface area contributed by atoms with Crippen molar-refractivity contribution in [3.63, 3.8) is 0 Å². The molecule has 0 bridgehead atoms. The number of nitrogens with zero attached hydrogens (tertiary/aromatic N) is 1. The second-order valence-electron chi connectivity index (χ2n) is 7.63. The highest BCUT2D eigenvalue weighted by atomic mass is 31.1. The summed E-state index contributed by atoms with van der Waals surface area (Å²) >= 11 is 0. The minimum absolute atomic E-state index is 0.645. The number of hydrogen-bond donors (Lipinski definition) is 1. The molecule has 0 heterocycles. The lowest BCUT2D eigenvalue weighted by Crippen LogP contribution is -2.23. The van der Waals surface area contributed by atoms with Crippen LogP contribution in [-0.2, 0) is 6.54 Å². The average molecular weight is 423 g/mol. The van der Waals surface area contributed by atoms with E-state index in [1.54, 1.807) is 0 Å². The molecule has 0 unspecified atom stereocenters. The molecular weight excluding hydrogens is 395 g/mol. The second kappa shape index (κ2) is 10.2. The topological polar surface area (TPSA) is 24.4 Å². The molecule has 4 aromatic carbocycles. The summed E-state index contributed by atoms with van der Waals surface area (Å²) in [5.74, 6) is 0. The van der Waals surface area contributed by atoms with Gasteiger partial charge in [0.2, 0.25) is 0 Å². The van der Waals surface area contributed by atoms with Crippen molar-refractivity contribution in [2.75, 3.05) is 5.32 Å². The molecule has 0 atom stereocenters. The second-order valence-corrected chi connectivity index (χ2v) is 9.76. The van der Waals surface area contributed by atoms with Crippen LogP contribution in [0.5, 0.6) is 0 Å². The number of hydrogen-bond acceptors (Lipinski definition) is 1. The fourth-order valence-corrected chi connectivity index (χ4v) is 5.82. The van der Waals surface area contributed by atoms with Gasteiger partial charge in [0.1, 0.15) is 5.58 Å². The third-order valence-corrected chi connectivity index (χ3v) is 7.28. The predicted octanol–water partition coefficient (Wildman–Crippen LogP) is 6.40. The lowest BCUT2D eigenvalue weighted by Gasteiger charge is -2.23. The Hall–Kier alpha value is -3.22. The Morgan fingerprint density at radius 1 is 0.677 bits per heavy atom. The Kier molecular flexibility index (Phi) is 6.92. The zero-order chi connectivity index (χ0) is 21.5. The van der Waals surface area contributed by atoms with E-state index in [1.165, 1.54) is 27.3 Å². The molecule has 0 aromatic heterocycles. The van der Waals surface area contributed by atoms with Crippen LogP contribution in [0.2, 0.25) is 0 Å². The maximum absolute atomic E-state index is 5.14. The zero-order valence-corrected chi connectivity index (χ0v) is 18.9. The van der Waals surface area contributed by atoms with Gasteiger partial charge in [-0.2, -0.15) is 0 Å². The summed E-state index contributed by atoms with van der Waals surface area (Å²) < 4.78 is 0. The van der Waals surface area contributed by atoms with Crippen LogP contribution >= 0.6 is 7.92 Å². The number of aliphatic imine (C=N–C) groups is 1. The van der Waals surface area contributed by atoms with Crippen molar-refractivity contribution >= 4 is 29.8 Å². The molecular formula is C28H27N2P. The van der Waals surface area contributed by atoms with Crippen molar-refractivity contribution in [1.82, 2.24) is 0 Å². The van der Waals surface area contributed by atoms with Crippen molar-refractivity contribution in [2.24, 2.45) is 4.99 Å². The summed E-state index contributed by atoms with van der Waals surface area (Å²) in [5, 5.41) is 6.28. The van der Waals surface area contributed by atoms with E-state index in [0.29, 0.717) is 6.54 Å². The van der Waals surface area contributed by atoms with E-state index in [0.717, 1.165) is 11.3 Å². The molecule has 0 amide bonds. The van der Waals surface area contributed by atoms with E-state index >= 15 is 0 Å². The quantitative estimate of drug-likeness (QED) is 0.217. The van der Waals surface area contributed by atoms with Gasteiger partial charge in [-0.3, -0.25) is 4.99 Å². The van der Waals surface area contributed by atoms with Crippen molar-refractivity contribution in [1.29, 1.82) is 0 Å². The maximum Gasteiger partial charge on any atom is 0.133 e. The van der Waals surface area contributed by atoms with Gasteiger partial charge in [-0.25, -0.2) is 0 Å². The minimum Gasteiger partial charge on any atom is -0.340 e. The van der Waals surface area contributed by atoms with Gasteiger partial charge in [0, 0.05) is 13.6 Å². The summed E-state index contributed by atoms with van der Waals surface area (Å²) in [5.41, 5.74) is 5.80. The highest BCUT2D eigenvalue weighted by Crippen LogP contribution is 2.36. The Labute approximate surface area is 186 Å². The number of rotatable bonds is 6. The van der Waals surface area contributed by atoms with Gasteiger partial charge in [-0.05, 0) is 53.3 Å². The van der Waals surface area contributed by atoms with E-state index in [9.17, 15) is 0 Å². The molecule has 0 spiro atoms. The normalized spacial score (nSPS) is 11.5. The van der Waals surface area contributed by atoms with Gasteiger partial charge in [-0.1, -0.05) is 97.1 Å². The van der Waals surface area contributed by atoms with E-state index in [-0.39, 0.29) is 0 Å². The van der Waals surface area contributed by atoms with Crippen molar-refractivity contribution in [2.45, 2.75) is 20.4 Å². The molecule has 0 aliphatic carbocycles. The number of nitrogens with one attached hydrogen (secondary N) is 1. The van der Waals surface area contributed by atoms with Gasteiger partial charge in [0.25, 0.3) is 0 Å². The number of amidine groups is 1. The molecule has 1 N–H and O–H groups in total. The monoisotopic (exact) mass is 422 g/mol. The van der Waals surface area contributed by atoms with Crippen LogP contribution in [-0.4, -0.2) is 5.58 Å².